The summed E-state index contributed by atoms with van der Waals surface area (Å²) in [5, 5.41) is 3.93. The first-order valence-electron chi connectivity index (χ1n) is 8.94. The van der Waals surface area contributed by atoms with E-state index in [1.807, 2.05) is 24.3 Å². The fourth-order valence-electron chi connectivity index (χ4n) is 3.17. The summed E-state index contributed by atoms with van der Waals surface area (Å²) in [4.78, 5) is 10.6. The van der Waals surface area contributed by atoms with Crippen molar-refractivity contribution in [3.8, 4) is 11.1 Å². The lowest BCUT2D eigenvalue weighted by molar-refractivity contribution is -0.137. The van der Waals surface area contributed by atoms with E-state index < -0.39 is 11.7 Å². The van der Waals surface area contributed by atoms with Crippen molar-refractivity contribution in [2.24, 2.45) is 0 Å². The van der Waals surface area contributed by atoms with Crippen molar-refractivity contribution in [3.63, 3.8) is 0 Å². The first-order valence-corrected chi connectivity index (χ1v) is 10.9. The largest absolute Gasteiger partial charge is 0.416 e. The lowest BCUT2D eigenvalue weighted by atomic mass is 10.0. The van der Waals surface area contributed by atoms with Crippen molar-refractivity contribution in [2.75, 3.05) is 5.32 Å². The molecular formula is C21H14BrClF3N3S. The lowest BCUT2D eigenvalue weighted by Crippen LogP contribution is -2.06. The maximum Gasteiger partial charge on any atom is 0.416 e. The summed E-state index contributed by atoms with van der Waals surface area (Å²) in [6.45, 7) is 2.05. The van der Waals surface area contributed by atoms with E-state index in [-0.39, 0.29) is 10.7 Å². The van der Waals surface area contributed by atoms with Crippen LogP contribution < -0.4 is 5.32 Å². The second kappa shape index (κ2) is 8.17. The summed E-state index contributed by atoms with van der Waals surface area (Å²) in [7, 11) is 0. The number of rotatable bonds is 4. The standard InChI is InChI=1S/C21H14BrClF3N3S/c1-2-16-17(11-3-6-13(22)7-4-11)18-19(27-10-28-20(18)30-16)29-15-9-12(21(24,25)26)5-8-14(15)23/h3-10H,2H2,1H3,(H,27,28,29). The number of thiophene rings is 1. The van der Waals surface area contributed by atoms with E-state index in [0.29, 0.717) is 5.82 Å². The highest BCUT2D eigenvalue weighted by molar-refractivity contribution is 9.10. The monoisotopic (exact) mass is 511 g/mol. The Morgan fingerprint density at radius 2 is 1.83 bits per heavy atom. The average Bonchev–Trinajstić information content (AvgIpc) is 3.09. The number of anilines is 2. The third kappa shape index (κ3) is 4.04. The molecule has 0 atom stereocenters. The minimum Gasteiger partial charge on any atom is -0.338 e. The summed E-state index contributed by atoms with van der Waals surface area (Å²) in [5.41, 5.74) is 1.30. The Labute approximate surface area is 188 Å². The molecular weight excluding hydrogens is 499 g/mol. The fraction of sp³-hybridized carbons (Fsp3) is 0.143. The topological polar surface area (TPSA) is 37.8 Å². The molecule has 0 spiro atoms. The van der Waals surface area contributed by atoms with Crippen molar-refractivity contribution in [3.05, 3.63) is 68.7 Å². The zero-order valence-corrected chi connectivity index (χ0v) is 18.7. The molecule has 0 bridgehead atoms. The van der Waals surface area contributed by atoms with E-state index in [1.54, 1.807) is 11.3 Å². The van der Waals surface area contributed by atoms with Gasteiger partial charge in [0.15, 0.2) is 0 Å². The first-order chi connectivity index (χ1) is 14.3. The Hall–Kier alpha value is -2.16. The maximum absolute atomic E-state index is 13.2. The number of alkyl halides is 3. The molecule has 154 valence electrons. The van der Waals surface area contributed by atoms with Crippen LogP contribution in [0.3, 0.4) is 0 Å². The normalized spacial score (nSPS) is 11.8. The molecule has 0 saturated heterocycles. The molecule has 0 saturated carbocycles. The predicted octanol–water partition coefficient (Wildman–Crippen LogP) is 8.10. The molecule has 1 N–H and O–H groups in total. The summed E-state index contributed by atoms with van der Waals surface area (Å²) in [6, 6.07) is 11.0. The van der Waals surface area contributed by atoms with Gasteiger partial charge in [-0.05, 0) is 42.3 Å². The maximum atomic E-state index is 13.2. The number of aryl methyl sites for hydroxylation is 1. The van der Waals surface area contributed by atoms with E-state index in [4.69, 9.17) is 11.6 Å². The van der Waals surface area contributed by atoms with Crippen molar-refractivity contribution in [2.45, 2.75) is 19.5 Å². The SMILES string of the molecule is CCc1sc2ncnc(Nc3cc(C(F)(F)F)ccc3Cl)c2c1-c1ccc(Br)cc1. The molecule has 0 aliphatic rings. The molecule has 0 fully saturated rings. The predicted molar refractivity (Wildman–Crippen MR) is 120 cm³/mol. The van der Waals surface area contributed by atoms with Crippen molar-refractivity contribution >= 4 is 60.6 Å². The van der Waals surface area contributed by atoms with Gasteiger partial charge in [-0.3, -0.25) is 0 Å². The van der Waals surface area contributed by atoms with Gasteiger partial charge in [0.2, 0.25) is 0 Å². The third-order valence-corrected chi connectivity index (χ3v) is 6.66. The Morgan fingerprint density at radius 1 is 1.10 bits per heavy atom. The number of aromatic nitrogens is 2. The Kier molecular flexibility index (Phi) is 5.74. The van der Waals surface area contributed by atoms with Crippen LogP contribution in [0.25, 0.3) is 21.3 Å². The first kappa shape index (κ1) is 21.1. The molecule has 2 heterocycles. The van der Waals surface area contributed by atoms with Gasteiger partial charge in [-0.15, -0.1) is 11.3 Å². The molecule has 0 unspecified atom stereocenters. The van der Waals surface area contributed by atoms with Crippen LogP contribution >= 0.6 is 38.9 Å². The number of nitrogens with one attached hydrogen (secondary N) is 1. The van der Waals surface area contributed by atoms with Gasteiger partial charge >= 0.3 is 6.18 Å². The Balaban J connectivity index is 1.89. The fourth-order valence-corrected chi connectivity index (χ4v) is 4.70. The minimum absolute atomic E-state index is 0.137. The summed E-state index contributed by atoms with van der Waals surface area (Å²) in [5.74, 6) is 0.412. The Morgan fingerprint density at radius 3 is 2.50 bits per heavy atom. The van der Waals surface area contributed by atoms with Gasteiger partial charge in [0.1, 0.15) is 17.0 Å². The molecule has 0 amide bonds. The van der Waals surface area contributed by atoms with E-state index >= 15 is 0 Å². The summed E-state index contributed by atoms with van der Waals surface area (Å²) in [6.07, 6.45) is -2.29. The van der Waals surface area contributed by atoms with Crippen molar-refractivity contribution in [1.82, 2.24) is 9.97 Å². The number of nitrogens with zero attached hydrogens (tertiary/aromatic N) is 2. The van der Waals surface area contributed by atoms with Gasteiger partial charge < -0.3 is 5.32 Å². The molecule has 0 aliphatic carbocycles. The highest BCUT2D eigenvalue weighted by Crippen LogP contribution is 2.43. The lowest BCUT2D eigenvalue weighted by Gasteiger charge is -2.13. The molecule has 4 rings (SSSR count). The minimum atomic E-state index is -4.47. The second-order valence-electron chi connectivity index (χ2n) is 6.48. The van der Waals surface area contributed by atoms with E-state index in [2.05, 4.69) is 38.1 Å². The van der Waals surface area contributed by atoms with E-state index in [1.165, 1.54) is 12.4 Å². The third-order valence-electron chi connectivity index (χ3n) is 4.56. The molecule has 0 radical (unpaired) electrons. The van der Waals surface area contributed by atoms with Crippen LogP contribution in [-0.4, -0.2) is 9.97 Å². The van der Waals surface area contributed by atoms with Crippen LogP contribution in [-0.2, 0) is 12.6 Å². The molecule has 4 aromatic rings. The summed E-state index contributed by atoms with van der Waals surface area (Å²) >= 11 is 11.2. The Bertz CT molecular complexity index is 1220. The van der Waals surface area contributed by atoms with Crippen LogP contribution in [0, 0.1) is 0 Å². The second-order valence-corrected chi connectivity index (χ2v) is 8.89. The number of halogens is 5. The van der Waals surface area contributed by atoms with Gasteiger partial charge in [0.25, 0.3) is 0 Å². The molecule has 2 aromatic heterocycles. The molecule has 30 heavy (non-hydrogen) atoms. The van der Waals surface area contributed by atoms with Gasteiger partial charge in [0.05, 0.1) is 21.7 Å². The highest BCUT2D eigenvalue weighted by Gasteiger charge is 2.31. The number of fused-ring (bicyclic) bond motifs is 1. The van der Waals surface area contributed by atoms with Gasteiger partial charge in [-0.2, -0.15) is 13.2 Å². The van der Waals surface area contributed by atoms with Crippen LogP contribution in [0.5, 0.6) is 0 Å². The van der Waals surface area contributed by atoms with Gasteiger partial charge in [-0.1, -0.05) is 46.6 Å². The molecule has 0 aliphatic heterocycles. The van der Waals surface area contributed by atoms with Crippen LogP contribution in [0.15, 0.2) is 53.3 Å². The number of benzene rings is 2. The number of hydrogen-bond acceptors (Lipinski definition) is 4. The molecule has 9 heteroatoms. The van der Waals surface area contributed by atoms with Crippen molar-refractivity contribution in [1.29, 1.82) is 0 Å². The smallest absolute Gasteiger partial charge is 0.338 e. The number of hydrogen-bond donors (Lipinski definition) is 1. The van der Waals surface area contributed by atoms with Crippen LogP contribution in [0.4, 0.5) is 24.7 Å². The van der Waals surface area contributed by atoms with Crippen LogP contribution in [0.2, 0.25) is 5.02 Å². The molecule has 3 nitrogen and oxygen atoms in total. The van der Waals surface area contributed by atoms with E-state index in [0.717, 1.165) is 49.2 Å². The average molecular weight is 513 g/mol. The quantitative estimate of drug-likeness (QED) is 0.300. The molecule has 2 aromatic carbocycles. The van der Waals surface area contributed by atoms with Crippen molar-refractivity contribution < 1.29 is 13.2 Å². The van der Waals surface area contributed by atoms with Gasteiger partial charge in [-0.25, -0.2) is 9.97 Å². The zero-order chi connectivity index (χ0) is 21.5. The zero-order valence-electron chi connectivity index (χ0n) is 15.5. The van der Waals surface area contributed by atoms with E-state index in [9.17, 15) is 13.2 Å². The van der Waals surface area contributed by atoms with Crippen LogP contribution in [0.1, 0.15) is 17.4 Å². The van der Waals surface area contributed by atoms with Gasteiger partial charge in [0, 0.05) is 14.9 Å². The summed E-state index contributed by atoms with van der Waals surface area (Å²) < 4.78 is 40.4. The highest BCUT2D eigenvalue weighted by atomic mass is 79.9.